The van der Waals surface area contributed by atoms with Gasteiger partial charge >= 0.3 is 0 Å². The second-order valence-corrected chi connectivity index (χ2v) is 8.27. The van der Waals surface area contributed by atoms with Crippen molar-refractivity contribution in [1.29, 1.82) is 0 Å². The number of hydrogen-bond acceptors (Lipinski definition) is 4. The Morgan fingerprint density at radius 2 is 1.93 bits per heavy atom. The third-order valence-corrected chi connectivity index (χ3v) is 5.23. The van der Waals surface area contributed by atoms with Crippen molar-refractivity contribution < 1.29 is 4.74 Å². The van der Waals surface area contributed by atoms with E-state index in [-0.39, 0.29) is 6.10 Å². The molecule has 0 saturated carbocycles. The third kappa shape index (κ3) is 7.05. The van der Waals surface area contributed by atoms with E-state index in [0.29, 0.717) is 12.5 Å². The Hall–Kier alpha value is -2.05. The van der Waals surface area contributed by atoms with Crippen molar-refractivity contribution in [1.82, 2.24) is 15.5 Å². The number of nitrogens with one attached hydrogen (secondary N) is 2. The molecule has 1 aromatic rings. The average molecular weight is 400 g/mol. The SMILES string of the molecule is CCNC(=NCc1ccc(N2CC=CC2)cc1)NCC1CN(CC(C)C)CCO1. The number of ether oxygens (including phenoxy) is 1. The van der Waals surface area contributed by atoms with Gasteiger partial charge in [-0.05, 0) is 30.5 Å². The summed E-state index contributed by atoms with van der Waals surface area (Å²) in [5.74, 6) is 1.54. The average Bonchev–Trinajstić information content (AvgIpc) is 3.25. The minimum atomic E-state index is 0.208. The van der Waals surface area contributed by atoms with Gasteiger partial charge in [-0.25, -0.2) is 4.99 Å². The van der Waals surface area contributed by atoms with Gasteiger partial charge in [-0.15, -0.1) is 0 Å². The molecule has 0 aliphatic carbocycles. The number of nitrogens with zero attached hydrogens (tertiary/aromatic N) is 3. The van der Waals surface area contributed by atoms with Crippen LogP contribution in [0.3, 0.4) is 0 Å². The molecule has 2 N–H and O–H groups in total. The van der Waals surface area contributed by atoms with E-state index in [4.69, 9.17) is 9.73 Å². The number of guanidine groups is 1. The maximum Gasteiger partial charge on any atom is 0.191 e. The molecule has 1 atom stereocenters. The molecule has 2 heterocycles. The van der Waals surface area contributed by atoms with Gasteiger partial charge in [-0.1, -0.05) is 38.1 Å². The zero-order valence-corrected chi connectivity index (χ0v) is 18.2. The molecule has 6 nitrogen and oxygen atoms in total. The van der Waals surface area contributed by atoms with Crippen molar-refractivity contribution in [3.63, 3.8) is 0 Å². The van der Waals surface area contributed by atoms with Crippen LogP contribution < -0.4 is 15.5 Å². The first-order chi connectivity index (χ1) is 14.1. The van der Waals surface area contributed by atoms with E-state index in [2.05, 4.69) is 77.6 Å². The van der Waals surface area contributed by atoms with Gasteiger partial charge in [0.15, 0.2) is 5.96 Å². The van der Waals surface area contributed by atoms with E-state index in [1.807, 2.05) is 0 Å². The van der Waals surface area contributed by atoms with Crippen molar-refractivity contribution in [2.45, 2.75) is 33.4 Å². The van der Waals surface area contributed by atoms with E-state index >= 15 is 0 Å². The summed E-state index contributed by atoms with van der Waals surface area (Å²) in [4.78, 5) is 9.62. The molecular weight excluding hydrogens is 362 g/mol. The van der Waals surface area contributed by atoms with Crippen LogP contribution in [0, 0.1) is 5.92 Å². The van der Waals surface area contributed by atoms with Gasteiger partial charge in [0.05, 0.1) is 19.3 Å². The first-order valence-corrected chi connectivity index (χ1v) is 11.0. The van der Waals surface area contributed by atoms with Crippen molar-refractivity contribution >= 4 is 11.6 Å². The van der Waals surface area contributed by atoms with Gasteiger partial charge in [0.1, 0.15) is 0 Å². The van der Waals surface area contributed by atoms with Gasteiger partial charge < -0.3 is 20.3 Å². The zero-order valence-electron chi connectivity index (χ0n) is 18.2. The molecule has 1 unspecified atom stereocenters. The molecule has 3 rings (SSSR count). The van der Waals surface area contributed by atoms with Crippen LogP contribution in [0.2, 0.25) is 0 Å². The fourth-order valence-electron chi connectivity index (χ4n) is 3.81. The molecule has 2 aliphatic heterocycles. The second kappa shape index (κ2) is 11.2. The summed E-state index contributed by atoms with van der Waals surface area (Å²) in [5.41, 5.74) is 2.49. The molecule has 2 aliphatic rings. The number of benzene rings is 1. The van der Waals surface area contributed by atoms with Crippen LogP contribution in [0.15, 0.2) is 41.4 Å². The molecule has 160 valence electrons. The highest BCUT2D eigenvalue weighted by Crippen LogP contribution is 2.18. The lowest BCUT2D eigenvalue weighted by Gasteiger charge is -2.34. The van der Waals surface area contributed by atoms with E-state index in [9.17, 15) is 0 Å². The number of morpholine rings is 1. The van der Waals surface area contributed by atoms with E-state index in [1.165, 1.54) is 11.3 Å². The molecular formula is C23H37N5O. The quantitative estimate of drug-likeness (QED) is 0.400. The maximum absolute atomic E-state index is 5.95. The Kier molecular flexibility index (Phi) is 8.38. The number of anilines is 1. The summed E-state index contributed by atoms with van der Waals surface area (Å²) < 4.78 is 5.95. The van der Waals surface area contributed by atoms with E-state index in [1.54, 1.807) is 0 Å². The molecule has 0 amide bonds. The number of rotatable bonds is 8. The molecule has 6 heteroatoms. The molecule has 0 spiro atoms. The van der Waals surface area contributed by atoms with Crippen molar-refractivity contribution in [3.05, 3.63) is 42.0 Å². The molecule has 0 aromatic heterocycles. The number of hydrogen-bond donors (Lipinski definition) is 2. The second-order valence-electron chi connectivity index (χ2n) is 8.27. The Morgan fingerprint density at radius 3 is 2.62 bits per heavy atom. The topological polar surface area (TPSA) is 52.1 Å². The first kappa shape index (κ1) is 21.7. The molecule has 1 fully saturated rings. The van der Waals surface area contributed by atoms with Crippen LogP contribution in [0.25, 0.3) is 0 Å². The molecule has 1 saturated heterocycles. The highest BCUT2D eigenvalue weighted by Gasteiger charge is 2.21. The predicted molar refractivity (Wildman–Crippen MR) is 122 cm³/mol. The lowest BCUT2D eigenvalue weighted by Crippen LogP contribution is -2.50. The van der Waals surface area contributed by atoms with Crippen molar-refractivity contribution in [3.8, 4) is 0 Å². The molecule has 1 aromatic carbocycles. The molecule has 0 radical (unpaired) electrons. The number of aliphatic imine (C=N–C) groups is 1. The Balaban J connectivity index is 1.49. The highest BCUT2D eigenvalue weighted by molar-refractivity contribution is 5.79. The fourth-order valence-corrected chi connectivity index (χ4v) is 3.81. The lowest BCUT2D eigenvalue weighted by molar-refractivity contribution is -0.0284. The largest absolute Gasteiger partial charge is 0.374 e. The van der Waals surface area contributed by atoms with Crippen molar-refractivity contribution in [2.24, 2.45) is 10.9 Å². The Labute approximate surface area is 176 Å². The summed E-state index contributed by atoms with van der Waals surface area (Å²) >= 11 is 0. The monoisotopic (exact) mass is 399 g/mol. The predicted octanol–water partition coefficient (Wildman–Crippen LogP) is 2.47. The van der Waals surface area contributed by atoms with Crippen LogP contribution in [0.4, 0.5) is 5.69 Å². The van der Waals surface area contributed by atoms with Gasteiger partial charge in [0.25, 0.3) is 0 Å². The minimum Gasteiger partial charge on any atom is -0.374 e. The van der Waals surface area contributed by atoms with Crippen LogP contribution in [-0.2, 0) is 11.3 Å². The van der Waals surface area contributed by atoms with E-state index < -0.39 is 0 Å². The van der Waals surface area contributed by atoms with Gasteiger partial charge in [-0.3, -0.25) is 4.90 Å². The normalized spacial score (nSPS) is 20.5. The lowest BCUT2D eigenvalue weighted by atomic mass is 10.2. The maximum atomic E-state index is 5.95. The highest BCUT2D eigenvalue weighted by atomic mass is 16.5. The van der Waals surface area contributed by atoms with Crippen LogP contribution >= 0.6 is 0 Å². The van der Waals surface area contributed by atoms with Crippen LogP contribution in [0.1, 0.15) is 26.3 Å². The summed E-state index contributed by atoms with van der Waals surface area (Å²) in [6.45, 7) is 14.9. The van der Waals surface area contributed by atoms with Crippen LogP contribution in [0.5, 0.6) is 0 Å². The summed E-state index contributed by atoms with van der Waals surface area (Å²) in [6.07, 6.45) is 4.63. The standard InChI is InChI=1S/C23H37N5O/c1-4-24-23(26-16-22-18-27(13-14-29-22)17-19(2)3)25-15-20-7-9-21(10-8-20)28-11-5-6-12-28/h5-10,19,22H,4,11-18H2,1-3H3,(H2,24,25,26). The smallest absolute Gasteiger partial charge is 0.191 e. The Morgan fingerprint density at radius 1 is 1.17 bits per heavy atom. The summed E-state index contributed by atoms with van der Waals surface area (Å²) in [5, 5.41) is 6.81. The molecule has 29 heavy (non-hydrogen) atoms. The summed E-state index contributed by atoms with van der Waals surface area (Å²) in [7, 11) is 0. The fraction of sp³-hybridized carbons (Fsp3) is 0.609. The Bertz CT molecular complexity index is 662. The zero-order chi connectivity index (χ0) is 20.5. The van der Waals surface area contributed by atoms with Crippen molar-refractivity contribution in [2.75, 3.05) is 57.3 Å². The van der Waals surface area contributed by atoms with Gasteiger partial charge in [0, 0.05) is 51.5 Å². The van der Waals surface area contributed by atoms with Gasteiger partial charge in [0.2, 0.25) is 0 Å². The van der Waals surface area contributed by atoms with Gasteiger partial charge in [-0.2, -0.15) is 0 Å². The van der Waals surface area contributed by atoms with E-state index in [0.717, 1.165) is 58.4 Å². The van der Waals surface area contributed by atoms with Crippen LogP contribution in [-0.4, -0.2) is 69.4 Å². The third-order valence-electron chi connectivity index (χ3n) is 5.23. The first-order valence-electron chi connectivity index (χ1n) is 11.0. The summed E-state index contributed by atoms with van der Waals surface area (Å²) in [6, 6.07) is 8.73. The minimum absolute atomic E-state index is 0.208. The molecule has 0 bridgehead atoms.